The molecule has 0 amide bonds. The first-order chi connectivity index (χ1) is 7.96. The second-order valence-corrected chi connectivity index (χ2v) is 6.32. The number of para-hydroxylation sites is 1. The van der Waals surface area contributed by atoms with Gasteiger partial charge in [0.25, 0.3) is 0 Å². The number of nitrogens with one attached hydrogen (secondary N) is 2. The van der Waals surface area contributed by atoms with Gasteiger partial charge in [-0.2, -0.15) is 0 Å². The van der Waals surface area contributed by atoms with Crippen molar-refractivity contribution in [2.45, 2.75) is 46.6 Å². The molecular weight excluding hydrogens is 208 g/mol. The molecule has 1 atom stereocenters. The highest BCUT2D eigenvalue weighted by molar-refractivity contribution is 5.73. The first-order valence-corrected chi connectivity index (χ1v) is 6.56. The van der Waals surface area contributed by atoms with Crippen LogP contribution in [0, 0.1) is 12.3 Å². The molecule has 0 radical (unpaired) electrons. The van der Waals surface area contributed by atoms with Crippen LogP contribution in [-0.2, 0) is 0 Å². The van der Waals surface area contributed by atoms with E-state index in [1.807, 2.05) is 0 Å². The molecule has 1 aliphatic rings. The van der Waals surface area contributed by atoms with E-state index in [0.717, 1.165) is 6.54 Å². The minimum absolute atomic E-state index is 0.381. The summed E-state index contributed by atoms with van der Waals surface area (Å²) in [5.74, 6) is 0. The van der Waals surface area contributed by atoms with Gasteiger partial charge in [0.1, 0.15) is 0 Å². The van der Waals surface area contributed by atoms with Gasteiger partial charge < -0.3 is 10.6 Å². The summed E-state index contributed by atoms with van der Waals surface area (Å²) in [7, 11) is 0. The van der Waals surface area contributed by atoms with Gasteiger partial charge in [-0.05, 0) is 36.8 Å². The van der Waals surface area contributed by atoms with Gasteiger partial charge in [0.2, 0.25) is 0 Å². The molecule has 2 heteroatoms. The zero-order valence-corrected chi connectivity index (χ0v) is 11.4. The molecule has 0 aliphatic carbocycles. The Kier molecular flexibility index (Phi) is 3.32. The van der Waals surface area contributed by atoms with Crippen molar-refractivity contribution in [3.63, 3.8) is 0 Å². The molecule has 0 saturated heterocycles. The normalized spacial score (nSPS) is 19.9. The molecule has 94 valence electrons. The van der Waals surface area contributed by atoms with Crippen LogP contribution in [0.25, 0.3) is 0 Å². The van der Waals surface area contributed by atoms with Crippen LogP contribution in [0.3, 0.4) is 0 Å². The van der Waals surface area contributed by atoms with Crippen LogP contribution in [0.15, 0.2) is 18.2 Å². The molecular formula is C15H24N2. The summed E-state index contributed by atoms with van der Waals surface area (Å²) >= 11 is 0. The number of hydrogen-bond acceptors (Lipinski definition) is 2. The summed E-state index contributed by atoms with van der Waals surface area (Å²) in [5.41, 5.74) is 4.25. The van der Waals surface area contributed by atoms with Crippen LogP contribution in [0.4, 0.5) is 11.4 Å². The van der Waals surface area contributed by atoms with Crippen molar-refractivity contribution < 1.29 is 0 Å². The molecule has 1 heterocycles. The van der Waals surface area contributed by atoms with Gasteiger partial charge in [0, 0.05) is 12.6 Å². The van der Waals surface area contributed by atoms with Gasteiger partial charge in [0.05, 0.1) is 11.4 Å². The largest absolute Gasteiger partial charge is 0.383 e. The number of hydrogen-bond donors (Lipinski definition) is 2. The first kappa shape index (κ1) is 12.3. The molecule has 1 unspecified atom stereocenters. The molecule has 0 fully saturated rings. The Morgan fingerprint density at radius 2 is 2.06 bits per heavy atom. The van der Waals surface area contributed by atoms with Crippen LogP contribution < -0.4 is 10.6 Å². The van der Waals surface area contributed by atoms with Crippen LogP contribution >= 0.6 is 0 Å². The molecule has 0 saturated carbocycles. The Bertz CT molecular complexity index is 390. The van der Waals surface area contributed by atoms with Gasteiger partial charge in [0.15, 0.2) is 0 Å². The maximum absolute atomic E-state index is 3.69. The third-order valence-electron chi connectivity index (χ3n) is 3.29. The molecule has 2 N–H and O–H groups in total. The van der Waals surface area contributed by atoms with Gasteiger partial charge >= 0.3 is 0 Å². The van der Waals surface area contributed by atoms with E-state index in [4.69, 9.17) is 0 Å². The SMILES string of the molecule is Cc1cccc2c1NCCC(CC(C)(C)C)N2. The van der Waals surface area contributed by atoms with Crippen LogP contribution in [0.2, 0.25) is 0 Å². The molecule has 1 aromatic carbocycles. The number of rotatable bonds is 1. The Morgan fingerprint density at radius 1 is 1.29 bits per heavy atom. The van der Waals surface area contributed by atoms with Crippen LogP contribution in [-0.4, -0.2) is 12.6 Å². The number of fused-ring (bicyclic) bond motifs is 1. The van der Waals surface area contributed by atoms with E-state index < -0.39 is 0 Å². The summed E-state index contributed by atoms with van der Waals surface area (Å²) < 4.78 is 0. The van der Waals surface area contributed by atoms with E-state index >= 15 is 0 Å². The van der Waals surface area contributed by atoms with Gasteiger partial charge in [-0.3, -0.25) is 0 Å². The van der Waals surface area contributed by atoms with E-state index in [2.05, 4.69) is 56.5 Å². The smallest absolute Gasteiger partial charge is 0.0605 e. The zero-order chi connectivity index (χ0) is 12.5. The van der Waals surface area contributed by atoms with Crippen molar-refractivity contribution in [3.8, 4) is 0 Å². The quantitative estimate of drug-likeness (QED) is 0.764. The molecule has 2 rings (SSSR count). The van der Waals surface area contributed by atoms with Gasteiger partial charge in [-0.25, -0.2) is 0 Å². The summed E-state index contributed by atoms with van der Waals surface area (Å²) in [6.07, 6.45) is 2.40. The second-order valence-electron chi connectivity index (χ2n) is 6.32. The highest BCUT2D eigenvalue weighted by Gasteiger charge is 2.21. The van der Waals surface area contributed by atoms with Crippen molar-refractivity contribution >= 4 is 11.4 Å². The Labute approximate surface area is 105 Å². The van der Waals surface area contributed by atoms with Crippen LogP contribution in [0.5, 0.6) is 0 Å². The van der Waals surface area contributed by atoms with E-state index in [9.17, 15) is 0 Å². The van der Waals surface area contributed by atoms with Gasteiger partial charge in [-0.1, -0.05) is 32.9 Å². The van der Waals surface area contributed by atoms with Crippen molar-refractivity contribution in [1.29, 1.82) is 0 Å². The molecule has 1 aromatic rings. The first-order valence-electron chi connectivity index (χ1n) is 6.56. The summed E-state index contributed by atoms with van der Waals surface area (Å²) in [5, 5.41) is 7.24. The number of aryl methyl sites for hydroxylation is 1. The molecule has 2 nitrogen and oxygen atoms in total. The fourth-order valence-corrected chi connectivity index (χ4v) is 2.58. The predicted molar refractivity (Wildman–Crippen MR) is 75.8 cm³/mol. The fourth-order valence-electron chi connectivity index (χ4n) is 2.58. The zero-order valence-electron chi connectivity index (χ0n) is 11.4. The lowest BCUT2D eigenvalue weighted by Gasteiger charge is -2.26. The molecule has 0 bridgehead atoms. The minimum atomic E-state index is 0.381. The third kappa shape index (κ3) is 3.15. The Balaban J connectivity index is 2.17. The number of anilines is 2. The van der Waals surface area contributed by atoms with Crippen LogP contribution in [0.1, 0.15) is 39.2 Å². The van der Waals surface area contributed by atoms with Crippen molar-refractivity contribution in [2.24, 2.45) is 5.41 Å². The predicted octanol–water partition coefficient (Wildman–Crippen LogP) is 4.03. The standard InChI is InChI=1S/C15H24N2/c1-11-6-5-7-13-14(11)16-9-8-12(17-13)10-15(2,3)4/h5-7,12,16-17H,8-10H2,1-4H3. The molecule has 1 aliphatic heterocycles. The average molecular weight is 232 g/mol. The van der Waals surface area contributed by atoms with E-state index in [1.54, 1.807) is 0 Å². The number of benzene rings is 1. The maximum atomic E-state index is 3.69. The van der Waals surface area contributed by atoms with E-state index in [-0.39, 0.29) is 0 Å². The van der Waals surface area contributed by atoms with E-state index in [1.165, 1.54) is 29.8 Å². The summed E-state index contributed by atoms with van der Waals surface area (Å²) in [6.45, 7) is 10.2. The maximum Gasteiger partial charge on any atom is 0.0605 e. The second kappa shape index (κ2) is 4.59. The summed E-state index contributed by atoms with van der Waals surface area (Å²) in [4.78, 5) is 0. The highest BCUT2D eigenvalue weighted by atomic mass is 15.0. The topological polar surface area (TPSA) is 24.1 Å². The van der Waals surface area contributed by atoms with E-state index in [0.29, 0.717) is 11.5 Å². The van der Waals surface area contributed by atoms with Crippen molar-refractivity contribution in [1.82, 2.24) is 0 Å². The Morgan fingerprint density at radius 3 is 2.76 bits per heavy atom. The minimum Gasteiger partial charge on any atom is -0.383 e. The molecule has 0 aromatic heterocycles. The molecule has 0 spiro atoms. The lowest BCUT2D eigenvalue weighted by Crippen LogP contribution is -2.25. The fraction of sp³-hybridized carbons (Fsp3) is 0.600. The molecule has 17 heavy (non-hydrogen) atoms. The average Bonchev–Trinajstić information content (AvgIpc) is 2.38. The lowest BCUT2D eigenvalue weighted by molar-refractivity contribution is 0.345. The van der Waals surface area contributed by atoms with Crippen molar-refractivity contribution in [3.05, 3.63) is 23.8 Å². The third-order valence-corrected chi connectivity index (χ3v) is 3.29. The highest BCUT2D eigenvalue weighted by Crippen LogP contribution is 2.32. The summed E-state index contributed by atoms with van der Waals surface area (Å²) in [6, 6.07) is 7.04. The van der Waals surface area contributed by atoms with Gasteiger partial charge in [-0.15, -0.1) is 0 Å². The van der Waals surface area contributed by atoms with Crippen molar-refractivity contribution in [2.75, 3.05) is 17.2 Å². The Hall–Kier alpha value is -1.18. The lowest BCUT2D eigenvalue weighted by atomic mass is 9.87. The monoisotopic (exact) mass is 232 g/mol.